The first kappa shape index (κ1) is 14.6. The molecule has 2 saturated heterocycles. The quantitative estimate of drug-likeness (QED) is 0.845. The average Bonchev–Trinajstić information content (AvgIpc) is 2.84. The number of carbonyl (C=O) groups is 3. The highest BCUT2D eigenvalue weighted by Gasteiger charge is 2.43. The molecule has 0 radical (unpaired) electrons. The molecule has 1 N–H and O–H groups in total. The van der Waals surface area contributed by atoms with Crippen molar-refractivity contribution in [3.63, 3.8) is 0 Å². The zero-order valence-electron chi connectivity index (χ0n) is 12.3. The summed E-state index contributed by atoms with van der Waals surface area (Å²) < 4.78 is 5.05. The third-order valence-electron chi connectivity index (χ3n) is 4.26. The molecule has 6 nitrogen and oxygen atoms in total. The van der Waals surface area contributed by atoms with Gasteiger partial charge in [-0.1, -0.05) is 37.3 Å². The minimum Gasteiger partial charge on any atom is -0.447 e. The number of carbonyl (C=O) groups excluding carboxylic acids is 3. The standard InChI is InChI=1S/C16H18N2O4/c1-10(13-8-14(19)17-13)15(20)18-12(9-22-16(18)21)7-11-5-3-2-4-6-11/h2-6,10,12-13H,7-9H2,1H3,(H,17,19)/t10-,12-,13?/m0/s1. The number of rotatable bonds is 4. The largest absolute Gasteiger partial charge is 0.447 e. The normalized spacial score (nSPS) is 25.2. The summed E-state index contributed by atoms with van der Waals surface area (Å²) >= 11 is 0. The van der Waals surface area contributed by atoms with Gasteiger partial charge in [0.2, 0.25) is 11.8 Å². The van der Waals surface area contributed by atoms with Crippen LogP contribution in [-0.4, -0.2) is 41.5 Å². The Bertz CT molecular complexity index is 593. The van der Waals surface area contributed by atoms with E-state index >= 15 is 0 Å². The molecule has 0 spiro atoms. The molecule has 0 aliphatic carbocycles. The van der Waals surface area contributed by atoms with Crippen molar-refractivity contribution in [1.29, 1.82) is 0 Å². The van der Waals surface area contributed by atoms with Crippen molar-refractivity contribution >= 4 is 17.9 Å². The summed E-state index contributed by atoms with van der Waals surface area (Å²) in [6.07, 6.45) is 0.310. The fraction of sp³-hybridized carbons (Fsp3) is 0.438. The summed E-state index contributed by atoms with van der Waals surface area (Å²) in [5.41, 5.74) is 1.05. The van der Waals surface area contributed by atoms with Crippen LogP contribution < -0.4 is 5.32 Å². The first-order valence-corrected chi connectivity index (χ1v) is 7.39. The van der Waals surface area contributed by atoms with Gasteiger partial charge in [0.05, 0.1) is 12.0 Å². The third-order valence-corrected chi connectivity index (χ3v) is 4.26. The maximum Gasteiger partial charge on any atom is 0.416 e. The number of hydrogen-bond acceptors (Lipinski definition) is 4. The smallest absolute Gasteiger partial charge is 0.416 e. The van der Waals surface area contributed by atoms with E-state index in [0.717, 1.165) is 5.56 Å². The average molecular weight is 302 g/mol. The molecule has 3 rings (SSSR count). The zero-order chi connectivity index (χ0) is 15.7. The molecule has 116 valence electrons. The summed E-state index contributed by atoms with van der Waals surface area (Å²) in [6, 6.07) is 9.20. The number of nitrogens with one attached hydrogen (secondary N) is 1. The number of amides is 3. The fourth-order valence-electron chi connectivity index (χ4n) is 2.85. The van der Waals surface area contributed by atoms with Crippen LogP contribution in [0.5, 0.6) is 0 Å². The molecule has 2 heterocycles. The Hall–Kier alpha value is -2.37. The van der Waals surface area contributed by atoms with E-state index in [9.17, 15) is 14.4 Å². The Morgan fingerprint density at radius 1 is 1.36 bits per heavy atom. The van der Waals surface area contributed by atoms with Gasteiger partial charge in [0.15, 0.2) is 0 Å². The number of ether oxygens (including phenoxy) is 1. The monoisotopic (exact) mass is 302 g/mol. The molecule has 1 aromatic rings. The summed E-state index contributed by atoms with van der Waals surface area (Å²) in [7, 11) is 0. The van der Waals surface area contributed by atoms with Crippen molar-refractivity contribution in [1.82, 2.24) is 10.2 Å². The van der Waals surface area contributed by atoms with Crippen LogP contribution in [0, 0.1) is 5.92 Å². The molecule has 2 aliphatic rings. The Labute approximate surface area is 128 Å². The van der Waals surface area contributed by atoms with Gasteiger partial charge >= 0.3 is 6.09 Å². The van der Waals surface area contributed by atoms with Crippen molar-refractivity contribution in [2.45, 2.75) is 31.8 Å². The summed E-state index contributed by atoms with van der Waals surface area (Å²) in [4.78, 5) is 36.7. The third kappa shape index (κ3) is 2.68. The van der Waals surface area contributed by atoms with E-state index in [2.05, 4.69) is 5.32 Å². The predicted octanol–water partition coefficient (Wildman–Crippen LogP) is 1.10. The van der Waals surface area contributed by atoms with E-state index in [-0.39, 0.29) is 30.5 Å². The number of imide groups is 1. The molecule has 0 bridgehead atoms. The van der Waals surface area contributed by atoms with E-state index in [1.54, 1.807) is 6.92 Å². The SMILES string of the molecule is C[C@H](C(=O)N1C(=O)OC[C@@H]1Cc1ccccc1)C1CC(=O)N1. The van der Waals surface area contributed by atoms with Gasteiger partial charge in [0, 0.05) is 12.5 Å². The van der Waals surface area contributed by atoms with Gasteiger partial charge in [-0.2, -0.15) is 0 Å². The van der Waals surface area contributed by atoms with Gasteiger partial charge in [-0.15, -0.1) is 0 Å². The van der Waals surface area contributed by atoms with Crippen molar-refractivity contribution < 1.29 is 19.1 Å². The second kappa shape index (κ2) is 5.79. The second-order valence-electron chi connectivity index (χ2n) is 5.80. The second-order valence-corrected chi connectivity index (χ2v) is 5.80. The molecule has 2 aliphatic heterocycles. The Morgan fingerprint density at radius 2 is 2.05 bits per heavy atom. The minimum atomic E-state index is -0.594. The van der Waals surface area contributed by atoms with Gasteiger partial charge in [-0.05, 0) is 12.0 Å². The summed E-state index contributed by atoms with van der Waals surface area (Å²) in [5, 5.41) is 2.69. The highest BCUT2D eigenvalue weighted by atomic mass is 16.6. The molecular formula is C16H18N2O4. The van der Waals surface area contributed by atoms with Crippen LogP contribution in [0.1, 0.15) is 18.9 Å². The maximum atomic E-state index is 12.6. The van der Waals surface area contributed by atoms with Crippen LogP contribution in [0.4, 0.5) is 4.79 Å². The molecule has 2 fully saturated rings. The van der Waals surface area contributed by atoms with Gasteiger partial charge < -0.3 is 10.1 Å². The van der Waals surface area contributed by atoms with Gasteiger partial charge in [0.1, 0.15) is 6.61 Å². The van der Waals surface area contributed by atoms with Crippen molar-refractivity contribution in [3.05, 3.63) is 35.9 Å². The Morgan fingerprint density at radius 3 is 2.68 bits per heavy atom. The first-order valence-electron chi connectivity index (χ1n) is 7.39. The van der Waals surface area contributed by atoms with Crippen LogP contribution in [0.2, 0.25) is 0 Å². The molecule has 3 amide bonds. The van der Waals surface area contributed by atoms with Crippen molar-refractivity contribution in [3.8, 4) is 0 Å². The number of β-lactam (4-membered cyclic amide) rings is 1. The Kier molecular flexibility index (Phi) is 3.83. The highest BCUT2D eigenvalue weighted by molar-refractivity contribution is 5.96. The van der Waals surface area contributed by atoms with Crippen molar-refractivity contribution in [2.24, 2.45) is 5.92 Å². The molecule has 1 unspecified atom stereocenters. The van der Waals surface area contributed by atoms with Crippen molar-refractivity contribution in [2.75, 3.05) is 6.61 Å². The molecule has 0 saturated carbocycles. The lowest BCUT2D eigenvalue weighted by Crippen LogP contribution is -2.57. The predicted molar refractivity (Wildman–Crippen MR) is 77.8 cm³/mol. The van der Waals surface area contributed by atoms with Crippen LogP contribution >= 0.6 is 0 Å². The minimum absolute atomic E-state index is 0.0607. The van der Waals surface area contributed by atoms with Crippen LogP contribution in [0.15, 0.2) is 30.3 Å². The lowest BCUT2D eigenvalue weighted by Gasteiger charge is -2.33. The molecular weight excluding hydrogens is 284 g/mol. The number of cyclic esters (lactones) is 1. The summed E-state index contributed by atoms with van der Waals surface area (Å²) in [6.45, 7) is 1.95. The highest BCUT2D eigenvalue weighted by Crippen LogP contribution is 2.23. The lowest BCUT2D eigenvalue weighted by atomic mass is 9.91. The molecule has 22 heavy (non-hydrogen) atoms. The maximum absolute atomic E-state index is 12.6. The summed E-state index contributed by atoms with van der Waals surface area (Å²) in [5.74, 6) is -0.774. The number of nitrogens with zero attached hydrogens (tertiary/aromatic N) is 1. The van der Waals surface area contributed by atoms with Gasteiger partial charge in [-0.3, -0.25) is 9.59 Å². The Balaban J connectivity index is 1.70. The number of hydrogen-bond donors (Lipinski definition) is 1. The molecule has 0 aromatic heterocycles. The van der Waals surface area contributed by atoms with E-state index in [1.165, 1.54) is 4.90 Å². The van der Waals surface area contributed by atoms with E-state index < -0.39 is 12.0 Å². The van der Waals surface area contributed by atoms with Crippen LogP contribution in [0.25, 0.3) is 0 Å². The van der Waals surface area contributed by atoms with Gasteiger partial charge in [-0.25, -0.2) is 9.69 Å². The fourth-order valence-corrected chi connectivity index (χ4v) is 2.85. The van der Waals surface area contributed by atoms with E-state index in [0.29, 0.717) is 12.8 Å². The van der Waals surface area contributed by atoms with Crippen LogP contribution in [0.3, 0.4) is 0 Å². The topological polar surface area (TPSA) is 75.7 Å². The molecule has 6 heteroatoms. The number of benzene rings is 1. The lowest BCUT2D eigenvalue weighted by molar-refractivity contribution is -0.138. The van der Waals surface area contributed by atoms with Gasteiger partial charge in [0.25, 0.3) is 0 Å². The zero-order valence-corrected chi connectivity index (χ0v) is 12.3. The van der Waals surface area contributed by atoms with E-state index in [1.807, 2.05) is 30.3 Å². The van der Waals surface area contributed by atoms with E-state index in [4.69, 9.17) is 4.74 Å². The van der Waals surface area contributed by atoms with Crippen LogP contribution in [-0.2, 0) is 20.7 Å². The molecule has 1 aromatic carbocycles. The first-order chi connectivity index (χ1) is 10.6. The molecule has 3 atom stereocenters.